The number of carbonyl (C=O) groups excluding carboxylic acids is 1. The molecule has 3 N–H and O–H groups in total. The van der Waals surface area contributed by atoms with Crippen LogP contribution in [0.1, 0.15) is 36.2 Å². The van der Waals surface area contributed by atoms with Gasteiger partial charge < -0.3 is 14.5 Å². The molecule has 200 valence electrons. The number of aromatic amines is 1. The monoisotopic (exact) mass is 538 g/mol. The molecule has 0 fully saturated rings. The number of hydrogen-bond donors (Lipinski definition) is 3. The molecule has 1 atom stereocenters. The summed E-state index contributed by atoms with van der Waals surface area (Å²) in [6.07, 6.45) is 1.48. The summed E-state index contributed by atoms with van der Waals surface area (Å²) in [7, 11) is -3.96. The van der Waals surface area contributed by atoms with E-state index in [9.17, 15) is 23.1 Å². The van der Waals surface area contributed by atoms with Crippen LogP contribution in [0.25, 0.3) is 11.1 Å². The third-order valence-electron chi connectivity index (χ3n) is 5.86. The van der Waals surface area contributed by atoms with Crippen molar-refractivity contribution in [1.29, 1.82) is 0 Å². The van der Waals surface area contributed by atoms with Crippen molar-refractivity contribution >= 4 is 33.0 Å². The van der Waals surface area contributed by atoms with Crippen LogP contribution in [0.4, 0.5) is 6.01 Å². The Bertz CT molecular complexity index is 1540. The molecule has 1 unspecified atom stereocenters. The van der Waals surface area contributed by atoms with Gasteiger partial charge >= 0.3 is 6.01 Å². The summed E-state index contributed by atoms with van der Waals surface area (Å²) in [5.74, 6) is -0.511. The number of hydrogen-bond acceptors (Lipinski definition) is 7. The van der Waals surface area contributed by atoms with E-state index in [1.54, 1.807) is 0 Å². The topological polar surface area (TPSA) is 146 Å². The van der Waals surface area contributed by atoms with Crippen molar-refractivity contribution in [1.82, 2.24) is 14.3 Å². The van der Waals surface area contributed by atoms with Gasteiger partial charge in [-0.05, 0) is 42.5 Å². The Morgan fingerprint density at radius 1 is 1.11 bits per heavy atom. The zero-order valence-corrected chi connectivity index (χ0v) is 21.9. The fourth-order valence-corrected chi connectivity index (χ4v) is 5.63. The van der Waals surface area contributed by atoms with Crippen molar-refractivity contribution in [2.75, 3.05) is 18.4 Å². The minimum Gasteiger partial charge on any atom is -0.423 e. The Morgan fingerprint density at radius 3 is 2.55 bits per heavy atom. The molecule has 2 aromatic carbocycles. The van der Waals surface area contributed by atoms with Crippen LogP contribution in [0.3, 0.4) is 0 Å². The molecule has 0 saturated heterocycles. The highest BCUT2D eigenvalue weighted by Crippen LogP contribution is 2.25. The molecule has 0 aliphatic rings. The third-order valence-corrected chi connectivity index (χ3v) is 7.68. The van der Waals surface area contributed by atoms with Gasteiger partial charge in [-0.25, -0.2) is 8.42 Å². The molecule has 0 aliphatic carbocycles. The van der Waals surface area contributed by atoms with Crippen LogP contribution in [0, 0.1) is 5.92 Å². The molecule has 2 aromatic heterocycles. The van der Waals surface area contributed by atoms with Crippen molar-refractivity contribution in [2.45, 2.75) is 37.7 Å². The molecule has 4 rings (SSSR count). The molecule has 0 bridgehead atoms. The number of oxazole rings is 1. The number of sulfonamides is 1. The highest BCUT2D eigenvalue weighted by molar-refractivity contribution is 7.89. The number of aromatic nitrogens is 2. The Kier molecular flexibility index (Phi) is 8.40. The molecule has 0 spiro atoms. The van der Waals surface area contributed by atoms with E-state index >= 15 is 0 Å². The summed E-state index contributed by atoms with van der Waals surface area (Å²) in [6, 6.07) is 16.5. The van der Waals surface area contributed by atoms with E-state index in [1.165, 1.54) is 40.8 Å². The van der Waals surface area contributed by atoms with Gasteiger partial charge in [0.1, 0.15) is 5.52 Å². The second kappa shape index (κ2) is 11.7. The summed E-state index contributed by atoms with van der Waals surface area (Å²) in [5.41, 5.74) is 1.47. The SMILES string of the molecule is CC(C)CN(CC(O)CCc1ccccc1)S(=O)(=O)c1ccc2nc(NC(=O)c3ccc(=O)[nH]c3)oc2c1. The van der Waals surface area contributed by atoms with E-state index in [0.29, 0.717) is 18.4 Å². The molecule has 10 nitrogen and oxygen atoms in total. The average Bonchev–Trinajstić information content (AvgIpc) is 3.29. The second-order valence-corrected chi connectivity index (χ2v) is 11.4. The molecule has 11 heteroatoms. The van der Waals surface area contributed by atoms with Crippen LogP contribution in [0.15, 0.2) is 81.0 Å². The summed E-state index contributed by atoms with van der Waals surface area (Å²) < 4.78 is 34.0. The van der Waals surface area contributed by atoms with Crippen LogP contribution in [0.2, 0.25) is 0 Å². The number of aryl methyl sites for hydroxylation is 1. The van der Waals surface area contributed by atoms with Gasteiger partial charge in [0.15, 0.2) is 5.58 Å². The standard InChI is InChI=1S/C27H30N4O6S/c1-18(2)16-31(17-21(32)10-8-19-6-4-3-5-7-19)38(35,36)22-11-12-23-24(14-22)37-27(29-23)30-26(34)20-9-13-25(33)28-15-20/h3-7,9,11-15,18,21,32H,8,10,16-17H2,1-2H3,(H,28,33)(H,29,30,34). The second-order valence-electron chi connectivity index (χ2n) is 9.44. The van der Waals surface area contributed by atoms with E-state index in [1.807, 2.05) is 44.2 Å². The number of nitrogens with one attached hydrogen (secondary N) is 2. The first-order valence-corrected chi connectivity index (χ1v) is 13.7. The first-order valence-electron chi connectivity index (χ1n) is 12.2. The number of anilines is 1. The van der Waals surface area contributed by atoms with Crippen LogP contribution in [-0.4, -0.2) is 52.9 Å². The molecule has 0 aliphatic heterocycles. The van der Waals surface area contributed by atoms with Crippen LogP contribution in [0.5, 0.6) is 0 Å². The van der Waals surface area contributed by atoms with Gasteiger partial charge in [0.05, 0.1) is 16.6 Å². The third kappa shape index (κ3) is 6.74. The highest BCUT2D eigenvalue weighted by Gasteiger charge is 2.28. The van der Waals surface area contributed by atoms with Crippen LogP contribution in [-0.2, 0) is 16.4 Å². The minimum atomic E-state index is -3.96. The lowest BCUT2D eigenvalue weighted by molar-refractivity contribution is 0.102. The lowest BCUT2D eigenvalue weighted by atomic mass is 10.1. The van der Waals surface area contributed by atoms with E-state index < -0.39 is 22.0 Å². The van der Waals surface area contributed by atoms with Gasteiger partial charge in [0, 0.05) is 31.4 Å². The minimum absolute atomic E-state index is 0.00410. The van der Waals surface area contributed by atoms with Crippen LogP contribution < -0.4 is 10.9 Å². The first kappa shape index (κ1) is 27.2. The average molecular weight is 539 g/mol. The number of aliphatic hydroxyl groups is 1. The van der Waals surface area contributed by atoms with Crippen molar-refractivity contribution in [2.24, 2.45) is 5.92 Å². The lowest BCUT2D eigenvalue weighted by Gasteiger charge is -2.26. The van der Waals surface area contributed by atoms with E-state index in [-0.39, 0.29) is 46.6 Å². The zero-order chi connectivity index (χ0) is 27.3. The van der Waals surface area contributed by atoms with Gasteiger partial charge in [-0.2, -0.15) is 9.29 Å². The molecule has 4 aromatic rings. The van der Waals surface area contributed by atoms with E-state index in [2.05, 4.69) is 15.3 Å². The van der Waals surface area contributed by atoms with E-state index in [0.717, 1.165) is 5.56 Å². The van der Waals surface area contributed by atoms with Gasteiger partial charge in [0.25, 0.3) is 5.91 Å². The normalized spacial score (nSPS) is 12.8. The molecule has 0 saturated carbocycles. The quantitative estimate of drug-likeness (QED) is 0.265. The number of amides is 1. The maximum absolute atomic E-state index is 13.6. The lowest BCUT2D eigenvalue weighted by Crippen LogP contribution is -2.40. The summed E-state index contributed by atoms with van der Waals surface area (Å²) in [4.78, 5) is 30.2. The number of carbonyl (C=O) groups is 1. The van der Waals surface area contributed by atoms with Crippen molar-refractivity contribution in [3.05, 3.63) is 88.3 Å². The summed E-state index contributed by atoms with van der Waals surface area (Å²) >= 11 is 0. The molecule has 0 radical (unpaired) electrons. The first-order chi connectivity index (χ1) is 18.1. The number of fused-ring (bicyclic) bond motifs is 1. The Morgan fingerprint density at radius 2 is 1.87 bits per heavy atom. The number of nitrogens with zero attached hydrogens (tertiary/aromatic N) is 2. The van der Waals surface area contributed by atoms with Crippen molar-refractivity contribution < 1.29 is 22.7 Å². The van der Waals surface area contributed by atoms with Gasteiger partial charge in [-0.1, -0.05) is 44.2 Å². The van der Waals surface area contributed by atoms with Gasteiger partial charge in [-0.15, -0.1) is 0 Å². The molecule has 38 heavy (non-hydrogen) atoms. The fourth-order valence-electron chi connectivity index (χ4n) is 3.97. The van der Waals surface area contributed by atoms with Crippen molar-refractivity contribution in [3.8, 4) is 0 Å². The summed E-state index contributed by atoms with van der Waals surface area (Å²) in [5, 5.41) is 13.2. The number of pyridine rings is 1. The van der Waals surface area contributed by atoms with Gasteiger partial charge in [-0.3, -0.25) is 14.9 Å². The van der Waals surface area contributed by atoms with Gasteiger partial charge in [0.2, 0.25) is 15.6 Å². The van der Waals surface area contributed by atoms with Crippen LogP contribution >= 0.6 is 0 Å². The maximum Gasteiger partial charge on any atom is 0.302 e. The molecular weight excluding hydrogens is 508 g/mol. The Balaban J connectivity index is 1.51. The molecule has 2 heterocycles. The van der Waals surface area contributed by atoms with E-state index in [4.69, 9.17) is 4.42 Å². The maximum atomic E-state index is 13.6. The highest BCUT2D eigenvalue weighted by atomic mass is 32.2. The zero-order valence-electron chi connectivity index (χ0n) is 21.1. The largest absolute Gasteiger partial charge is 0.423 e. The smallest absolute Gasteiger partial charge is 0.302 e. The predicted molar refractivity (Wildman–Crippen MR) is 143 cm³/mol. The predicted octanol–water partition coefficient (Wildman–Crippen LogP) is 3.41. The summed E-state index contributed by atoms with van der Waals surface area (Å²) in [6.45, 7) is 4.02. The Labute approximate surface area is 220 Å². The fraction of sp³-hybridized carbons (Fsp3) is 0.296. The molecular formula is C27H30N4O6S. The van der Waals surface area contributed by atoms with Crippen molar-refractivity contribution in [3.63, 3.8) is 0 Å². The number of H-pyrrole nitrogens is 1. The Hall–Kier alpha value is -3.80. The number of rotatable bonds is 11. The number of aliphatic hydroxyl groups excluding tert-OH is 1. The molecule has 1 amide bonds. The number of benzene rings is 2.